The van der Waals surface area contributed by atoms with E-state index in [0.29, 0.717) is 11.5 Å². The average Bonchev–Trinajstić information content (AvgIpc) is 1.85. The first-order valence-corrected chi connectivity index (χ1v) is 3.03. The summed E-state index contributed by atoms with van der Waals surface area (Å²) < 4.78 is 0. The second kappa shape index (κ2) is 2.96. The maximum absolute atomic E-state index is 10.4. The first-order chi connectivity index (χ1) is 5.18. The second-order valence-corrected chi connectivity index (χ2v) is 2.08. The van der Waals surface area contributed by atoms with Crippen LogP contribution in [0.5, 0.6) is 0 Å². The van der Waals surface area contributed by atoms with Crippen LogP contribution in [0.4, 0.5) is 5.82 Å². The molecule has 0 unspecified atom stereocenters. The zero-order valence-electron chi connectivity index (χ0n) is 5.82. The van der Waals surface area contributed by atoms with Crippen LogP contribution in [0.15, 0.2) is 12.4 Å². The Hall–Kier alpha value is -1.65. The van der Waals surface area contributed by atoms with E-state index in [2.05, 4.69) is 9.97 Å². The minimum Gasteiger partial charge on any atom is -0.382 e. The third kappa shape index (κ3) is 2.21. The van der Waals surface area contributed by atoms with Gasteiger partial charge in [-0.3, -0.25) is 9.78 Å². The van der Waals surface area contributed by atoms with Crippen LogP contribution >= 0.6 is 0 Å². The Labute approximate surface area is 63.4 Å². The summed E-state index contributed by atoms with van der Waals surface area (Å²) in [4.78, 5) is 18.0. The number of aromatic nitrogens is 2. The molecule has 0 bridgehead atoms. The molecule has 5 nitrogen and oxygen atoms in total. The normalized spacial score (nSPS) is 9.45. The van der Waals surface area contributed by atoms with Crippen molar-refractivity contribution in [2.45, 2.75) is 6.42 Å². The van der Waals surface area contributed by atoms with Crippen LogP contribution in [-0.4, -0.2) is 15.9 Å². The third-order valence-corrected chi connectivity index (χ3v) is 1.06. The summed E-state index contributed by atoms with van der Waals surface area (Å²) in [7, 11) is 0. The highest BCUT2D eigenvalue weighted by molar-refractivity contribution is 5.76. The van der Waals surface area contributed by atoms with Crippen molar-refractivity contribution in [2.75, 3.05) is 5.73 Å². The Bertz CT molecular complexity index is 273. The van der Waals surface area contributed by atoms with Crippen LogP contribution in [0.1, 0.15) is 5.69 Å². The number of amides is 1. The SMILES string of the molecule is NC(=O)Cc1cncc(N)n1. The van der Waals surface area contributed by atoms with Crippen molar-refractivity contribution >= 4 is 11.7 Å². The first kappa shape index (κ1) is 7.46. The Morgan fingerprint density at radius 3 is 2.82 bits per heavy atom. The van der Waals surface area contributed by atoms with Crippen LogP contribution < -0.4 is 11.5 Å². The molecule has 1 aromatic heterocycles. The predicted octanol–water partition coefficient (Wildman–Crippen LogP) is -0.913. The Morgan fingerprint density at radius 2 is 2.27 bits per heavy atom. The molecule has 0 fully saturated rings. The lowest BCUT2D eigenvalue weighted by Crippen LogP contribution is -2.15. The van der Waals surface area contributed by atoms with E-state index < -0.39 is 5.91 Å². The molecule has 1 aromatic rings. The van der Waals surface area contributed by atoms with Crippen molar-refractivity contribution in [2.24, 2.45) is 5.73 Å². The molecule has 1 rings (SSSR count). The molecule has 4 N–H and O–H groups in total. The van der Waals surface area contributed by atoms with E-state index in [1.807, 2.05) is 0 Å². The Kier molecular flexibility index (Phi) is 2.00. The number of primary amides is 1. The first-order valence-electron chi connectivity index (χ1n) is 3.03. The fraction of sp³-hybridized carbons (Fsp3) is 0.167. The zero-order valence-corrected chi connectivity index (χ0v) is 5.82. The van der Waals surface area contributed by atoms with Gasteiger partial charge >= 0.3 is 0 Å². The number of nitrogens with zero attached hydrogens (tertiary/aromatic N) is 2. The largest absolute Gasteiger partial charge is 0.382 e. The van der Waals surface area contributed by atoms with Gasteiger partial charge in [0.2, 0.25) is 5.91 Å². The highest BCUT2D eigenvalue weighted by Gasteiger charge is 1.99. The number of nitrogen functional groups attached to an aromatic ring is 1. The van der Waals surface area contributed by atoms with E-state index in [9.17, 15) is 4.79 Å². The van der Waals surface area contributed by atoms with Gasteiger partial charge in [0.25, 0.3) is 0 Å². The molecule has 11 heavy (non-hydrogen) atoms. The molecule has 58 valence electrons. The highest BCUT2D eigenvalue weighted by atomic mass is 16.1. The van der Waals surface area contributed by atoms with Crippen molar-refractivity contribution in [3.8, 4) is 0 Å². The molecule has 0 atom stereocenters. The van der Waals surface area contributed by atoms with E-state index in [0.717, 1.165) is 0 Å². The summed E-state index contributed by atoms with van der Waals surface area (Å²) >= 11 is 0. The second-order valence-electron chi connectivity index (χ2n) is 2.08. The van der Waals surface area contributed by atoms with Crippen LogP contribution in [0.25, 0.3) is 0 Å². The van der Waals surface area contributed by atoms with E-state index >= 15 is 0 Å². The lowest BCUT2D eigenvalue weighted by atomic mass is 10.3. The molecular weight excluding hydrogens is 144 g/mol. The van der Waals surface area contributed by atoms with E-state index in [4.69, 9.17) is 11.5 Å². The summed E-state index contributed by atoms with van der Waals surface area (Å²) in [6.45, 7) is 0. The van der Waals surface area contributed by atoms with Gasteiger partial charge in [-0.1, -0.05) is 0 Å². The maximum atomic E-state index is 10.4. The topological polar surface area (TPSA) is 94.9 Å². The Morgan fingerprint density at radius 1 is 1.55 bits per heavy atom. The van der Waals surface area contributed by atoms with E-state index in [1.165, 1.54) is 12.4 Å². The quantitative estimate of drug-likeness (QED) is 0.573. The van der Waals surface area contributed by atoms with Crippen molar-refractivity contribution < 1.29 is 4.79 Å². The average molecular weight is 152 g/mol. The predicted molar refractivity (Wildman–Crippen MR) is 39.3 cm³/mol. The molecule has 0 spiro atoms. The van der Waals surface area contributed by atoms with Gasteiger partial charge in [0.15, 0.2) is 0 Å². The monoisotopic (exact) mass is 152 g/mol. The van der Waals surface area contributed by atoms with Gasteiger partial charge in [0.1, 0.15) is 5.82 Å². The fourth-order valence-corrected chi connectivity index (χ4v) is 0.687. The molecule has 0 radical (unpaired) electrons. The minimum atomic E-state index is -0.440. The smallest absolute Gasteiger partial charge is 0.223 e. The van der Waals surface area contributed by atoms with Crippen molar-refractivity contribution in [3.63, 3.8) is 0 Å². The minimum absolute atomic E-state index is 0.0814. The standard InChI is InChI=1S/C6H8N4O/c7-5-3-9-2-4(10-5)1-6(8)11/h2-3H,1H2,(H2,7,10)(H2,8,11). The third-order valence-electron chi connectivity index (χ3n) is 1.06. The maximum Gasteiger partial charge on any atom is 0.223 e. The molecule has 0 saturated carbocycles. The summed E-state index contributed by atoms with van der Waals surface area (Å²) in [5.74, 6) is -0.145. The number of nitrogens with two attached hydrogens (primary N) is 2. The molecule has 0 aliphatic rings. The van der Waals surface area contributed by atoms with Crippen molar-refractivity contribution in [3.05, 3.63) is 18.1 Å². The molecule has 0 saturated heterocycles. The molecule has 1 heterocycles. The molecule has 1 amide bonds. The van der Waals surface area contributed by atoms with Crippen molar-refractivity contribution in [1.82, 2.24) is 9.97 Å². The molecule has 5 heteroatoms. The number of hydrogen-bond donors (Lipinski definition) is 2. The summed E-state index contributed by atoms with van der Waals surface area (Å²) in [6.07, 6.45) is 2.95. The number of rotatable bonds is 2. The lowest BCUT2D eigenvalue weighted by Gasteiger charge is -1.95. The zero-order chi connectivity index (χ0) is 8.27. The molecule has 0 aliphatic carbocycles. The number of carbonyl (C=O) groups is 1. The van der Waals surface area contributed by atoms with Gasteiger partial charge in [0, 0.05) is 6.20 Å². The van der Waals surface area contributed by atoms with Crippen LogP contribution in [0.2, 0.25) is 0 Å². The van der Waals surface area contributed by atoms with Gasteiger partial charge in [-0.15, -0.1) is 0 Å². The number of hydrogen-bond acceptors (Lipinski definition) is 4. The van der Waals surface area contributed by atoms with Gasteiger partial charge in [0.05, 0.1) is 18.3 Å². The molecule has 0 aliphatic heterocycles. The molecular formula is C6H8N4O. The van der Waals surface area contributed by atoms with Gasteiger partial charge in [-0.25, -0.2) is 4.98 Å². The van der Waals surface area contributed by atoms with Crippen molar-refractivity contribution in [1.29, 1.82) is 0 Å². The number of anilines is 1. The highest BCUT2D eigenvalue weighted by Crippen LogP contribution is 1.96. The fourth-order valence-electron chi connectivity index (χ4n) is 0.687. The summed E-state index contributed by atoms with van der Waals surface area (Å²) in [6, 6.07) is 0. The van der Waals surface area contributed by atoms with Crippen LogP contribution in [-0.2, 0) is 11.2 Å². The number of carbonyl (C=O) groups excluding carboxylic acids is 1. The lowest BCUT2D eigenvalue weighted by molar-refractivity contribution is -0.117. The summed E-state index contributed by atoms with van der Waals surface area (Å²) in [5, 5.41) is 0. The Balaban J connectivity index is 2.79. The van der Waals surface area contributed by atoms with Gasteiger partial charge < -0.3 is 11.5 Å². The molecule has 0 aromatic carbocycles. The van der Waals surface area contributed by atoms with Crippen LogP contribution in [0.3, 0.4) is 0 Å². The van der Waals surface area contributed by atoms with Gasteiger partial charge in [-0.05, 0) is 0 Å². The van der Waals surface area contributed by atoms with Gasteiger partial charge in [-0.2, -0.15) is 0 Å². The summed E-state index contributed by atoms with van der Waals surface area (Å²) in [5.41, 5.74) is 10.7. The van der Waals surface area contributed by atoms with E-state index in [-0.39, 0.29) is 6.42 Å². The van der Waals surface area contributed by atoms with Crippen LogP contribution in [0, 0.1) is 0 Å². The van der Waals surface area contributed by atoms with E-state index in [1.54, 1.807) is 0 Å².